The van der Waals surface area contributed by atoms with Gasteiger partial charge in [-0.05, 0) is 63.6 Å². The molecule has 1 saturated heterocycles. The highest BCUT2D eigenvalue weighted by Crippen LogP contribution is 2.37. The van der Waals surface area contributed by atoms with E-state index in [0.717, 1.165) is 24.6 Å². The molecule has 0 atom stereocenters. The number of hydrogen-bond acceptors (Lipinski definition) is 6. The van der Waals surface area contributed by atoms with Crippen LogP contribution in [0.5, 0.6) is 17.2 Å². The summed E-state index contributed by atoms with van der Waals surface area (Å²) in [6.07, 6.45) is 7.87. The second kappa shape index (κ2) is 10.8. The Morgan fingerprint density at radius 3 is 2.34 bits per heavy atom. The number of thioether (sulfide) groups is 1. The van der Waals surface area contributed by atoms with E-state index in [0.29, 0.717) is 34.3 Å². The van der Waals surface area contributed by atoms with Gasteiger partial charge in [-0.1, -0.05) is 17.2 Å². The van der Waals surface area contributed by atoms with Crippen LogP contribution in [0.15, 0.2) is 40.3 Å². The van der Waals surface area contributed by atoms with Crippen LogP contribution in [-0.4, -0.2) is 32.0 Å². The number of hydrogen-bond donors (Lipinski definition) is 1. The monoisotopic (exact) mass is 417 g/mol. The van der Waals surface area contributed by atoms with E-state index in [2.05, 4.69) is 32.2 Å². The van der Waals surface area contributed by atoms with Crippen molar-refractivity contribution < 1.29 is 23.8 Å². The lowest BCUT2D eigenvalue weighted by molar-refractivity contribution is -0.115. The van der Waals surface area contributed by atoms with Crippen molar-refractivity contribution in [2.24, 2.45) is 0 Å². The van der Waals surface area contributed by atoms with Gasteiger partial charge in [-0.3, -0.25) is 14.9 Å². The molecule has 0 aromatic heterocycles. The molecule has 1 aromatic rings. The van der Waals surface area contributed by atoms with Gasteiger partial charge in [-0.25, -0.2) is 0 Å². The number of amides is 2. The summed E-state index contributed by atoms with van der Waals surface area (Å²) in [4.78, 5) is 23.5. The van der Waals surface area contributed by atoms with E-state index in [1.54, 1.807) is 25.3 Å². The number of methoxy groups -OCH3 is 2. The van der Waals surface area contributed by atoms with Crippen LogP contribution in [0.25, 0.3) is 6.08 Å². The molecule has 0 aliphatic carbocycles. The van der Waals surface area contributed by atoms with E-state index >= 15 is 0 Å². The smallest absolute Gasteiger partial charge is 0.290 e. The van der Waals surface area contributed by atoms with E-state index in [-0.39, 0.29) is 5.24 Å². The number of carbonyl (C=O) groups excluding carboxylic acids is 2. The molecule has 0 radical (unpaired) electrons. The molecule has 1 aromatic carbocycles. The van der Waals surface area contributed by atoms with Gasteiger partial charge >= 0.3 is 0 Å². The summed E-state index contributed by atoms with van der Waals surface area (Å²) in [7, 11) is 3.08. The molecule has 0 spiro atoms. The first-order valence-corrected chi connectivity index (χ1v) is 10.1. The molecule has 1 heterocycles. The fourth-order valence-corrected chi connectivity index (χ4v) is 3.32. The minimum Gasteiger partial charge on any atom is -0.496 e. The SMILES string of the molecule is COc1cc(OC/C=C(/C)CCC=C(C)C)c(OC)cc1/C=C1/SC(=O)NC1=O. The third-order valence-electron chi connectivity index (χ3n) is 4.21. The first-order chi connectivity index (χ1) is 13.8. The molecule has 1 aliphatic heterocycles. The number of imide groups is 1. The van der Waals surface area contributed by atoms with E-state index in [4.69, 9.17) is 14.2 Å². The van der Waals surface area contributed by atoms with Crippen LogP contribution >= 0.6 is 11.8 Å². The van der Waals surface area contributed by atoms with Crippen molar-refractivity contribution in [2.45, 2.75) is 33.6 Å². The topological polar surface area (TPSA) is 73.9 Å². The zero-order valence-electron chi connectivity index (χ0n) is 17.5. The fourth-order valence-electron chi connectivity index (χ4n) is 2.65. The maximum atomic E-state index is 11.8. The minimum atomic E-state index is -0.421. The Labute approximate surface area is 176 Å². The molecule has 2 amide bonds. The molecular formula is C22H27NO5S. The molecular weight excluding hydrogens is 390 g/mol. The van der Waals surface area contributed by atoms with Crippen molar-refractivity contribution in [2.75, 3.05) is 20.8 Å². The van der Waals surface area contributed by atoms with Crippen LogP contribution < -0.4 is 19.5 Å². The molecule has 0 bridgehead atoms. The van der Waals surface area contributed by atoms with Crippen molar-refractivity contribution in [3.05, 3.63) is 45.9 Å². The first-order valence-electron chi connectivity index (χ1n) is 9.26. The lowest BCUT2D eigenvalue weighted by Gasteiger charge is -2.14. The molecule has 1 fully saturated rings. The number of allylic oxidation sites excluding steroid dienone is 3. The van der Waals surface area contributed by atoms with Gasteiger partial charge in [0.15, 0.2) is 11.5 Å². The highest BCUT2D eigenvalue weighted by atomic mass is 32.2. The fraction of sp³-hybridized carbons (Fsp3) is 0.364. The van der Waals surface area contributed by atoms with Crippen molar-refractivity contribution >= 4 is 29.0 Å². The second-order valence-corrected chi connectivity index (χ2v) is 7.79. The van der Waals surface area contributed by atoms with E-state index in [9.17, 15) is 9.59 Å². The summed E-state index contributed by atoms with van der Waals surface area (Å²) < 4.78 is 16.7. The highest BCUT2D eigenvalue weighted by Gasteiger charge is 2.25. The molecule has 0 unspecified atom stereocenters. The quantitative estimate of drug-likeness (QED) is 0.445. The number of nitrogens with one attached hydrogen (secondary N) is 1. The van der Waals surface area contributed by atoms with Gasteiger partial charge in [-0.15, -0.1) is 0 Å². The van der Waals surface area contributed by atoms with Crippen molar-refractivity contribution in [3.8, 4) is 17.2 Å². The van der Waals surface area contributed by atoms with Gasteiger partial charge in [0.2, 0.25) is 0 Å². The summed E-state index contributed by atoms with van der Waals surface area (Å²) in [5, 5.41) is 1.84. The highest BCUT2D eigenvalue weighted by molar-refractivity contribution is 8.18. The summed E-state index contributed by atoms with van der Waals surface area (Å²) in [6.45, 7) is 6.68. The maximum Gasteiger partial charge on any atom is 0.290 e. The van der Waals surface area contributed by atoms with Gasteiger partial charge in [0, 0.05) is 11.6 Å². The number of rotatable bonds is 9. The Hall–Kier alpha value is -2.67. The van der Waals surface area contributed by atoms with Gasteiger partial charge in [-0.2, -0.15) is 0 Å². The maximum absolute atomic E-state index is 11.8. The molecule has 1 N–H and O–H groups in total. The predicted octanol–water partition coefficient (Wildman–Crippen LogP) is 5.10. The van der Waals surface area contributed by atoms with E-state index in [1.165, 1.54) is 18.3 Å². The number of carbonyl (C=O) groups is 2. The van der Waals surface area contributed by atoms with Crippen LogP contribution in [-0.2, 0) is 4.79 Å². The summed E-state index contributed by atoms with van der Waals surface area (Å²) in [6, 6.07) is 3.44. The summed E-state index contributed by atoms with van der Waals surface area (Å²) in [5.74, 6) is 1.16. The number of ether oxygens (including phenoxy) is 3. The second-order valence-electron chi connectivity index (χ2n) is 6.78. The van der Waals surface area contributed by atoms with E-state index < -0.39 is 5.91 Å². The molecule has 2 rings (SSSR count). The van der Waals surface area contributed by atoms with E-state index in [1.807, 2.05) is 6.08 Å². The molecule has 156 valence electrons. The summed E-state index contributed by atoms with van der Waals surface area (Å²) >= 11 is 0.853. The van der Waals surface area contributed by atoms with Crippen LogP contribution in [0.2, 0.25) is 0 Å². The van der Waals surface area contributed by atoms with Gasteiger partial charge in [0.1, 0.15) is 12.4 Å². The standard InChI is InChI=1S/C22H27NO5S/c1-14(2)7-6-8-15(3)9-10-28-19-13-17(26-4)16(11-18(19)27-5)12-20-21(24)23-22(25)29-20/h7,9,11-13H,6,8,10H2,1-5H3,(H,23,24,25)/b15-9-,20-12+. The molecule has 7 heteroatoms. The lowest BCUT2D eigenvalue weighted by atomic mass is 10.1. The van der Waals surface area contributed by atoms with Crippen molar-refractivity contribution in [1.82, 2.24) is 5.32 Å². The molecule has 6 nitrogen and oxygen atoms in total. The normalized spacial score (nSPS) is 15.3. The van der Waals surface area contributed by atoms with Crippen molar-refractivity contribution in [1.29, 1.82) is 0 Å². The average Bonchev–Trinajstić information content (AvgIpc) is 2.98. The Balaban J connectivity index is 2.15. The Kier molecular flexibility index (Phi) is 8.39. The molecule has 0 saturated carbocycles. The zero-order chi connectivity index (χ0) is 21.4. The number of benzene rings is 1. The molecule has 1 aliphatic rings. The first kappa shape index (κ1) is 22.6. The van der Waals surface area contributed by atoms with Gasteiger partial charge < -0.3 is 14.2 Å². The third-order valence-corrected chi connectivity index (χ3v) is 5.02. The Bertz CT molecular complexity index is 866. The average molecular weight is 418 g/mol. The third kappa shape index (κ3) is 6.71. The Morgan fingerprint density at radius 1 is 1.03 bits per heavy atom. The minimum absolute atomic E-state index is 0.305. The zero-order valence-corrected chi connectivity index (χ0v) is 18.3. The van der Waals surface area contributed by atoms with Crippen LogP contribution in [0.1, 0.15) is 39.2 Å². The van der Waals surface area contributed by atoms with Gasteiger partial charge in [0.25, 0.3) is 11.1 Å². The Morgan fingerprint density at radius 2 is 1.76 bits per heavy atom. The summed E-state index contributed by atoms with van der Waals surface area (Å²) in [5.41, 5.74) is 3.19. The van der Waals surface area contributed by atoms with Crippen LogP contribution in [0, 0.1) is 0 Å². The largest absolute Gasteiger partial charge is 0.496 e. The van der Waals surface area contributed by atoms with Crippen molar-refractivity contribution in [3.63, 3.8) is 0 Å². The molecule has 29 heavy (non-hydrogen) atoms. The predicted molar refractivity (Wildman–Crippen MR) is 117 cm³/mol. The van der Waals surface area contributed by atoms with Crippen LogP contribution in [0.3, 0.4) is 0 Å². The van der Waals surface area contributed by atoms with Gasteiger partial charge in [0.05, 0.1) is 19.1 Å². The lowest BCUT2D eigenvalue weighted by Crippen LogP contribution is -2.17. The van der Waals surface area contributed by atoms with Crippen LogP contribution in [0.4, 0.5) is 4.79 Å².